The zero-order valence-electron chi connectivity index (χ0n) is 16.8. The largest absolute Gasteiger partial charge is 0.465 e. The topological polar surface area (TPSA) is 51.5 Å². The third-order valence-corrected chi connectivity index (χ3v) is 6.18. The lowest BCUT2D eigenvalue weighted by atomic mass is 10.1. The van der Waals surface area contributed by atoms with Crippen molar-refractivity contribution in [1.82, 2.24) is 9.47 Å². The molecule has 7 heteroatoms. The average molecular weight is 427 g/mol. The Morgan fingerprint density at radius 3 is 2.62 bits per heavy atom. The summed E-state index contributed by atoms with van der Waals surface area (Å²) in [5.74, 6) is -0.453. The number of benzene rings is 1. The zero-order valence-corrected chi connectivity index (χ0v) is 18.4. The minimum atomic E-state index is -0.358. The van der Waals surface area contributed by atoms with E-state index in [-0.39, 0.29) is 11.9 Å². The number of hydrogen-bond acceptors (Lipinski definition) is 5. The van der Waals surface area contributed by atoms with Crippen molar-refractivity contribution < 1.29 is 14.3 Å². The number of methoxy groups -OCH3 is 1. The van der Waals surface area contributed by atoms with Gasteiger partial charge >= 0.3 is 5.97 Å². The molecule has 0 N–H and O–H groups in total. The van der Waals surface area contributed by atoms with E-state index in [0.717, 1.165) is 28.2 Å². The molecule has 2 heterocycles. The fraction of sp³-hybridized carbons (Fsp3) is 0.227. The zero-order chi connectivity index (χ0) is 21.3. The number of ether oxygens (including phenoxy) is 1. The van der Waals surface area contributed by atoms with Crippen molar-refractivity contribution in [1.29, 1.82) is 0 Å². The Kier molecular flexibility index (Phi) is 6.10. The van der Waals surface area contributed by atoms with Crippen molar-refractivity contribution in [3.8, 4) is 5.69 Å². The molecule has 1 aromatic heterocycles. The first kappa shape index (κ1) is 21.1. The molecule has 1 fully saturated rings. The molecule has 5 nitrogen and oxygen atoms in total. The summed E-state index contributed by atoms with van der Waals surface area (Å²) in [5, 5.41) is 0. The lowest BCUT2D eigenvalue weighted by Gasteiger charge is -2.14. The second kappa shape index (κ2) is 8.39. The summed E-state index contributed by atoms with van der Waals surface area (Å²) in [6, 6.07) is 7.53. The Morgan fingerprint density at radius 1 is 1.28 bits per heavy atom. The number of carbonyl (C=O) groups is 2. The first-order valence-electron chi connectivity index (χ1n) is 9.03. The van der Waals surface area contributed by atoms with E-state index in [0.29, 0.717) is 21.3 Å². The van der Waals surface area contributed by atoms with Crippen molar-refractivity contribution >= 4 is 46.3 Å². The van der Waals surface area contributed by atoms with Crippen LogP contribution in [0.4, 0.5) is 0 Å². The van der Waals surface area contributed by atoms with E-state index in [1.165, 1.54) is 18.9 Å². The van der Waals surface area contributed by atoms with Crippen molar-refractivity contribution in [3.63, 3.8) is 0 Å². The maximum atomic E-state index is 12.6. The highest BCUT2D eigenvalue weighted by Crippen LogP contribution is 2.34. The summed E-state index contributed by atoms with van der Waals surface area (Å²) in [5.41, 5.74) is 5.44. The van der Waals surface area contributed by atoms with Gasteiger partial charge in [-0.05, 0) is 62.2 Å². The van der Waals surface area contributed by atoms with E-state index >= 15 is 0 Å². The van der Waals surface area contributed by atoms with Gasteiger partial charge in [0.2, 0.25) is 0 Å². The van der Waals surface area contributed by atoms with Gasteiger partial charge in [-0.1, -0.05) is 30.1 Å². The average Bonchev–Trinajstić information content (AvgIpc) is 3.11. The van der Waals surface area contributed by atoms with Gasteiger partial charge in [0.1, 0.15) is 4.32 Å². The Morgan fingerprint density at radius 2 is 2.00 bits per heavy atom. The molecule has 0 aliphatic carbocycles. The molecule has 2 aromatic rings. The summed E-state index contributed by atoms with van der Waals surface area (Å²) >= 11 is 6.62. The van der Waals surface area contributed by atoms with E-state index in [9.17, 15) is 9.59 Å². The van der Waals surface area contributed by atoms with Crippen LogP contribution in [-0.2, 0) is 9.53 Å². The fourth-order valence-electron chi connectivity index (χ4n) is 3.38. The highest BCUT2D eigenvalue weighted by atomic mass is 32.2. The van der Waals surface area contributed by atoms with Gasteiger partial charge in [0.25, 0.3) is 5.91 Å². The van der Waals surface area contributed by atoms with Crippen LogP contribution >= 0.6 is 24.0 Å². The van der Waals surface area contributed by atoms with Gasteiger partial charge in [0, 0.05) is 23.6 Å². The first-order valence-corrected chi connectivity index (χ1v) is 10.3. The number of hydrogen-bond donors (Lipinski definition) is 0. The quantitative estimate of drug-likeness (QED) is 0.303. The lowest BCUT2D eigenvalue weighted by Crippen LogP contribution is -2.27. The van der Waals surface area contributed by atoms with Gasteiger partial charge in [-0.15, -0.1) is 6.58 Å². The molecule has 29 heavy (non-hydrogen) atoms. The lowest BCUT2D eigenvalue weighted by molar-refractivity contribution is -0.121. The van der Waals surface area contributed by atoms with Gasteiger partial charge in [-0.25, -0.2) is 4.79 Å². The molecule has 1 aromatic carbocycles. The maximum absolute atomic E-state index is 12.6. The molecular weight excluding hydrogens is 404 g/mol. The van der Waals surface area contributed by atoms with Crippen molar-refractivity contribution in [2.24, 2.45) is 0 Å². The van der Waals surface area contributed by atoms with Crippen molar-refractivity contribution in [2.45, 2.75) is 20.8 Å². The third-order valence-electron chi connectivity index (χ3n) is 4.80. The molecule has 0 atom stereocenters. The van der Waals surface area contributed by atoms with Crippen molar-refractivity contribution in [3.05, 3.63) is 69.9 Å². The highest BCUT2D eigenvalue weighted by molar-refractivity contribution is 8.26. The Balaban J connectivity index is 2.00. The molecule has 150 valence electrons. The number of esters is 1. The van der Waals surface area contributed by atoms with Crippen LogP contribution in [0, 0.1) is 20.8 Å². The summed E-state index contributed by atoms with van der Waals surface area (Å²) in [6.07, 6.45) is 3.56. The second-order valence-corrected chi connectivity index (χ2v) is 8.41. The minimum absolute atomic E-state index is 0.0942. The van der Waals surface area contributed by atoms with Crippen LogP contribution in [0.1, 0.15) is 32.9 Å². The molecule has 1 amide bonds. The van der Waals surface area contributed by atoms with Crippen LogP contribution < -0.4 is 0 Å². The number of amides is 1. The molecule has 1 saturated heterocycles. The van der Waals surface area contributed by atoms with E-state index in [2.05, 4.69) is 11.1 Å². The molecule has 0 unspecified atom stereocenters. The summed E-state index contributed by atoms with van der Waals surface area (Å²) in [7, 11) is 1.37. The van der Waals surface area contributed by atoms with E-state index in [1.54, 1.807) is 17.0 Å². The first-order chi connectivity index (χ1) is 13.8. The molecule has 1 aliphatic rings. The number of aryl methyl sites for hydroxylation is 2. The van der Waals surface area contributed by atoms with E-state index < -0.39 is 0 Å². The molecule has 0 spiro atoms. The SMILES string of the molecule is C=CCN1C(=O)C(=Cc2cc(C)n(-c3ccc(C(=O)OC)cc3C)c2C)SC1=S. The molecule has 0 saturated carbocycles. The Labute approximate surface area is 180 Å². The Bertz CT molecular complexity index is 1070. The monoisotopic (exact) mass is 426 g/mol. The van der Waals surface area contributed by atoms with Crippen LogP contribution in [0.3, 0.4) is 0 Å². The number of aromatic nitrogens is 1. The summed E-state index contributed by atoms with van der Waals surface area (Å²) in [4.78, 5) is 26.6. The van der Waals surface area contributed by atoms with Crippen LogP contribution in [0.25, 0.3) is 11.8 Å². The number of nitrogens with zero attached hydrogens (tertiary/aromatic N) is 2. The predicted molar refractivity (Wildman–Crippen MR) is 121 cm³/mol. The molecule has 3 rings (SSSR count). The number of thioether (sulfide) groups is 1. The van der Waals surface area contributed by atoms with Crippen LogP contribution in [0.15, 0.2) is 41.8 Å². The minimum Gasteiger partial charge on any atom is -0.465 e. The fourth-order valence-corrected chi connectivity index (χ4v) is 4.65. The molecule has 0 radical (unpaired) electrons. The maximum Gasteiger partial charge on any atom is 0.337 e. The number of rotatable bonds is 5. The standard InChI is InChI=1S/C22H22N2O3S2/c1-6-9-23-20(25)19(29-22(23)28)12-17-11-14(3)24(15(17)4)18-8-7-16(10-13(18)2)21(26)27-5/h6-8,10-12H,1,9H2,2-5H3. The molecule has 1 aliphatic heterocycles. The van der Waals surface area contributed by atoms with Gasteiger partial charge in [0.15, 0.2) is 0 Å². The van der Waals surface area contributed by atoms with E-state index in [1.807, 2.05) is 45.0 Å². The summed E-state index contributed by atoms with van der Waals surface area (Å²) < 4.78 is 7.46. The van der Waals surface area contributed by atoms with Crippen molar-refractivity contribution in [2.75, 3.05) is 13.7 Å². The van der Waals surface area contributed by atoms with Gasteiger partial charge in [-0.3, -0.25) is 9.69 Å². The summed E-state index contributed by atoms with van der Waals surface area (Å²) in [6.45, 7) is 10.1. The predicted octanol–water partition coefficient (Wildman–Crippen LogP) is 4.58. The Hall–Kier alpha value is -2.64. The number of carbonyl (C=O) groups excluding carboxylic acids is 2. The van der Waals surface area contributed by atoms with Gasteiger partial charge in [-0.2, -0.15) is 0 Å². The smallest absolute Gasteiger partial charge is 0.337 e. The normalized spacial score (nSPS) is 15.3. The van der Waals surface area contributed by atoms with Crippen LogP contribution in [0.5, 0.6) is 0 Å². The van der Waals surface area contributed by atoms with Crippen LogP contribution in [-0.4, -0.2) is 39.3 Å². The number of thiocarbonyl (C=S) groups is 1. The highest BCUT2D eigenvalue weighted by Gasteiger charge is 2.31. The molecular formula is C22H22N2O3S2. The third kappa shape index (κ3) is 3.93. The van der Waals surface area contributed by atoms with E-state index in [4.69, 9.17) is 17.0 Å². The van der Waals surface area contributed by atoms with Crippen LogP contribution in [0.2, 0.25) is 0 Å². The molecule has 0 bridgehead atoms. The second-order valence-electron chi connectivity index (χ2n) is 6.74. The van der Waals surface area contributed by atoms with Gasteiger partial charge in [0.05, 0.1) is 17.6 Å². The van der Waals surface area contributed by atoms with Gasteiger partial charge < -0.3 is 9.30 Å².